The Labute approximate surface area is 180 Å². The van der Waals surface area contributed by atoms with E-state index < -0.39 is 23.6 Å². The van der Waals surface area contributed by atoms with Crippen molar-refractivity contribution in [1.29, 1.82) is 0 Å². The monoisotopic (exact) mass is 436 g/mol. The first kappa shape index (κ1) is 22.3. The third-order valence-corrected chi connectivity index (χ3v) is 4.98. The van der Waals surface area contributed by atoms with Crippen LogP contribution in [0.25, 0.3) is 0 Å². The SMILES string of the molecule is CC(C)(C)OC(=O)N1CC[C@@H](c2cccc(OCc3ccc(Cl)cc3F)n2)[C@H](O)C1. The van der Waals surface area contributed by atoms with Crippen LogP contribution >= 0.6 is 11.6 Å². The molecule has 1 aliphatic heterocycles. The number of β-amino-alcohol motifs (C(OH)–C–C–N with tert-alkyl or cyclic N) is 1. The molecule has 1 aromatic carbocycles. The quantitative estimate of drug-likeness (QED) is 0.761. The number of aliphatic hydroxyl groups excluding tert-OH is 1. The van der Waals surface area contributed by atoms with Crippen LogP contribution in [-0.2, 0) is 11.3 Å². The maximum atomic E-state index is 13.9. The molecule has 3 rings (SSSR count). The molecule has 0 radical (unpaired) electrons. The molecule has 0 unspecified atom stereocenters. The molecule has 1 aromatic heterocycles. The predicted molar refractivity (Wildman–Crippen MR) is 111 cm³/mol. The number of hydrogen-bond acceptors (Lipinski definition) is 5. The van der Waals surface area contributed by atoms with Crippen molar-refractivity contribution in [3.8, 4) is 5.88 Å². The highest BCUT2D eigenvalue weighted by Crippen LogP contribution is 2.29. The molecular formula is C22H26ClFN2O4. The third kappa shape index (κ3) is 5.83. The zero-order chi connectivity index (χ0) is 21.9. The highest BCUT2D eigenvalue weighted by molar-refractivity contribution is 6.30. The van der Waals surface area contributed by atoms with Crippen LogP contribution in [0.2, 0.25) is 5.02 Å². The zero-order valence-corrected chi connectivity index (χ0v) is 18.0. The molecule has 30 heavy (non-hydrogen) atoms. The van der Waals surface area contributed by atoms with Gasteiger partial charge in [-0.2, -0.15) is 0 Å². The van der Waals surface area contributed by atoms with E-state index in [1.54, 1.807) is 45.0 Å². The molecule has 1 amide bonds. The van der Waals surface area contributed by atoms with Crippen LogP contribution in [-0.4, -0.2) is 45.9 Å². The van der Waals surface area contributed by atoms with Crippen LogP contribution in [0, 0.1) is 5.82 Å². The number of likely N-dealkylation sites (tertiary alicyclic amines) is 1. The molecule has 0 aliphatic carbocycles. The molecule has 6 nitrogen and oxygen atoms in total. The number of halogens is 2. The summed E-state index contributed by atoms with van der Waals surface area (Å²) >= 11 is 5.77. The fourth-order valence-electron chi connectivity index (χ4n) is 3.28. The van der Waals surface area contributed by atoms with E-state index in [1.807, 2.05) is 6.07 Å². The van der Waals surface area contributed by atoms with Crippen LogP contribution in [0.3, 0.4) is 0 Å². The predicted octanol–water partition coefficient (Wildman–Crippen LogP) is 4.54. The van der Waals surface area contributed by atoms with Crippen LogP contribution in [0.5, 0.6) is 5.88 Å². The number of hydrogen-bond donors (Lipinski definition) is 1. The average molecular weight is 437 g/mol. The number of nitrogens with zero attached hydrogens (tertiary/aromatic N) is 2. The first-order valence-corrected chi connectivity index (χ1v) is 10.2. The van der Waals surface area contributed by atoms with Gasteiger partial charge >= 0.3 is 6.09 Å². The molecule has 1 fully saturated rings. The molecule has 2 atom stereocenters. The van der Waals surface area contributed by atoms with Gasteiger partial charge in [0.05, 0.1) is 18.3 Å². The van der Waals surface area contributed by atoms with Crippen molar-refractivity contribution in [1.82, 2.24) is 9.88 Å². The van der Waals surface area contributed by atoms with Gasteiger partial charge in [0.2, 0.25) is 5.88 Å². The van der Waals surface area contributed by atoms with Crippen molar-refractivity contribution in [3.63, 3.8) is 0 Å². The number of carbonyl (C=O) groups excluding carboxylic acids is 1. The van der Waals surface area contributed by atoms with E-state index in [4.69, 9.17) is 21.1 Å². The highest BCUT2D eigenvalue weighted by Gasteiger charge is 2.34. The van der Waals surface area contributed by atoms with Crippen LogP contribution in [0.4, 0.5) is 9.18 Å². The molecule has 1 N–H and O–H groups in total. The number of piperidine rings is 1. The summed E-state index contributed by atoms with van der Waals surface area (Å²) in [7, 11) is 0. The minimum atomic E-state index is -0.775. The number of benzene rings is 1. The van der Waals surface area contributed by atoms with Gasteiger partial charge in [-0.25, -0.2) is 14.2 Å². The normalized spacial score (nSPS) is 19.5. The molecular weight excluding hydrogens is 411 g/mol. The molecule has 0 bridgehead atoms. The van der Waals surface area contributed by atoms with Gasteiger partial charge in [0, 0.05) is 29.1 Å². The topological polar surface area (TPSA) is 71.9 Å². The Balaban J connectivity index is 1.62. The first-order chi connectivity index (χ1) is 14.1. The van der Waals surface area contributed by atoms with E-state index in [0.717, 1.165) is 0 Å². The Morgan fingerprint density at radius 1 is 1.33 bits per heavy atom. The summed E-state index contributed by atoms with van der Waals surface area (Å²) in [6.45, 7) is 6.05. The molecule has 1 saturated heterocycles. The highest BCUT2D eigenvalue weighted by atomic mass is 35.5. The third-order valence-electron chi connectivity index (χ3n) is 4.75. The lowest BCUT2D eigenvalue weighted by atomic mass is 9.90. The van der Waals surface area contributed by atoms with E-state index in [9.17, 15) is 14.3 Å². The Bertz CT molecular complexity index is 903. The summed E-state index contributed by atoms with van der Waals surface area (Å²) < 4.78 is 24.9. The van der Waals surface area contributed by atoms with Crippen molar-refractivity contribution >= 4 is 17.7 Å². The van der Waals surface area contributed by atoms with Gasteiger partial charge in [-0.05, 0) is 45.4 Å². The van der Waals surface area contributed by atoms with E-state index >= 15 is 0 Å². The summed E-state index contributed by atoms with van der Waals surface area (Å²) in [5, 5.41) is 10.9. The summed E-state index contributed by atoms with van der Waals surface area (Å²) in [5.41, 5.74) is 0.452. The van der Waals surface area contributed by atoms with E-state index in [-0.39, 0.29) is 19.1 Å². The van der Waals surface area contributed by atoms with Gasteiger partial charge in [0.15, 0.2) is 0 Å². The second kappa shape index (κ2) is 9.18. The van der Waals surface area contributed by atoms with Gasteiger partial charge in [-0.1, -0.05) is 23.7 Å². The molecule has 2 heterocycles. The molecule has 2 aromatic rings. The second-order valence-electron chi connectivity index (χ2n) is 8.31. The van der Waals surface area contributed by atoms with Gasteiger partial charge in [-0.15, -0.1) is 0 Å². The minimum Gasteiger partial charge on any atom is -0.473 e. The number of aromatic nitrogens is 1. The molecule has 0 saturated carbocycles. The molecule has 0 spiro atoms. The van der Waals surface area contributed by atoms with Crippen LogP contribution < -0.4 is 4.74 Å². The molecule has 162 valence electrons. The number of carbonyl (C=O) groups is 1. The number of aliphatic hydroxyl groups is 1. The largest absolute Gasteiger partial charge is 0.473 e. The van der Waals surface area contributed by atoms with Gasteiger partial charge in [0.1, 0.15) is 18.0 Å². The summed E-state index contributed by atoms with van der Waals surface area (Å²) in [4.78, 5) is 18.2. The van der Waals surface area contributed by atoms with Gasteiger partial charge in [-0.3, -0.25) is 0 Å². The van der Waals surface area contributed by atoms with Crippen molar-refractivity contribution < 1.29 is 23.8 Å². The lowest BCUT2D eigenvalue weighted by Crippen LogP contribution is -2.47. The molecule has 1 aliphatic rings. The summed E-state index contributed by atoms with van der Waals surface area (Å²) in [6.07, 6.45) is -0.666. The number of amides is 1. The van der Waals surface area contributed by atoms with E-state index in [0.29, 0.717) is 35.1 Å². The number of pyridine rings is 1. The second-order valence-corrected chi connectivity index (χ2v) is 8.75. The first-order valence-electron chi connectivity index (χ1n) is 9.82. The minimum absolute atomic E-state index is 0.0130. The Morgan fingerprint density at radius 2 is 2.10 bits per heavy atom. The Morgan fingerprint density at radius 3 is 2.77 bits per heavy atom. The maximum absolute atomic E-state index is 13.9. The zero-order valence-electron chi connectivity index (χ0n) is 17.3. The van der Waals surface area contributed by atoms with Gasteiger partial charge in [0.25, 0.3) is 0 Å². The fourth-order valence-corrected chi connectivity index (χ4v) is 3.44. The van der Waals surface area contributed by atoms with Gasteiger partial charge < -0.3 is 19.5 Å². The van der Waals surface area contributed by atoms with E-state index in [1.165, 1.54) is 11.0 Å². The van der Waals surface area contributed by atoms with Crippen molar-refractivity contribution in [2.75, 3.05) is 13.1 Å². The number of ether oxygens (including phenoxy) is 2. The van der Waals surface area contributed by atoms with Crippen molar-refractivity contribution in [3.05, 3.63) is 58.5 Å². The van der Waals surface area contributed by atoms with Crippen LogP contribution in [0.15, 0.2) is 36.4 Å². The Hall–Kier alpha value is -2.38. The van der Waals surface area contributed by atoms with Crippen molar-refractivity contribution in [2.45, 2.75) is 51.4 Å². The summed E-state index contributed by atoms with van der Waals surface area (Å²) in [6, 6.07) is 9.67. The smallest absolute Gasteiger partial charge is 0.410 e. The summed E-state index contributed by atoms with van der Waals surface area (Å²) in [5.74, 6) is -0.341. The fraction of sp³-hybridized carbons (Fsp3) is 0.455. The van der Waals surface area contributed by atoms with Crippen molar-refractivity contribution in [2.24, 2.45) is 0 Å². The van der Waals surface area contributed by atoms with E-state index in [2.05, 4.69) is 4.98 Å². The number of rotatable bonds is 4. The average Bonchev–Trinajstić information content (AvgIpc) is 2.66. The Kier molecular flexibility index (Phi) is 6.83. The maximum Gasteiger partial charge on any atom is 0.410 e. The lowest BCUT2D eigenvalue weighted by Gasteiger charge is -2.36. The standard InChI is InChI=1S/C22H26ClFN2O4/c1-22(2,3)30-21(28)26-10-9-16(19(27)12-26)18-5-4-6-20(25-18)29-13-14-7-8-15(23)11-17(14)24/h4-8,11,16,19,27H,9-10,12-13H2,1-3H3/t16-,19+/m0/s1. The lowest BCUT2D eigenvalue weighted by molar-refractivity contribution is -0.00196. The molecule has 8 heteroatoms. The van der Waals surface area contributed by atoms with Crippen LogP contribution in [0.1, 0.15) is 44.4 Å².